The van der Waals surface area contributed by atoms with Gasteiger partial charge in [0.15, 0.2) is 0 Å². The third-order valence-electron chi connectivity index (χ3n) is 1.81. The van der Waals surface area contributed by atoms with Crippen molar-refractivity contribution in [2.75, 3.05) is 13.3 Å². The summed E-state index contributed by atoms with van der Waals surface area (Å²) in [7, 11) is 0. The van der Waals surface area contributed by atoms with Crippen molar-refractivity contribution in [2.24, 2.45) is 5.73 Å². The second kappa shape index (κ2) is 4.91. The number of hydrogen-bond acceptors (Lipinski definition) is 2. The van der Waals surface area contributed by atoms with Crippen molar-refractivity contribution in [2.45, 2.75) is 13.0 Å². The lowest BCUT2D eigenvalue weighted by molar-refractivity contribution is 0.272. The molecule has 0 bridgehead atoms. The lowest BCUT2D eigenvalue weighted by Gasteiger charge is -2.09. The highest BCUT2D eigenvalue weighted by Crippen LogP contribution is 2.20. The van der Waals surface area contributed by atoms with Gasteiger partial charge >= 0.3 is 0 Å². The summed E-state index contributed by atoms with van der Waals surface area (Å²) in [4.78, 5) is 0. The van der Waals surface area contributed by atoms with Gasteiger partial charge in [0.25, 0.3) is 0 Å². The fourth-order valence-corrected chi connectivity index (χ4v) is 1.12. The minimum atomic E-state index is -0.587. The predicted octanol–water partition coefficient (Wildman–Crippen LogP) is 2.19. The van der Waals surface area contributed by atoms with E-state index in [0.29, 0.717) is 11.3 Å². The second-order valence-electron chi connectivity index (χ2n) is 3.01. The molecule has 0 radical (unpaired) electrons. The van der Waals surface area contributed by atoms with Gasteiger partial charge in [0.2, 0.25) is 0 Å². The molecule has 0 aliphatic carbocycles. The zero-order valence-electron chi connectivity index (χ0n) is 7.97. The molecule has 2 N–H and O–H groups in total. The van der Waals surface area contributed by atoms with Crippen LogP contribution in [0.4, 0.5) is 8.78 Å². The Kier molecular flexibility index (Phi) is 3.83. The van der Waals surface area contributed by atoms with Gasteiger partial charge in [-0.1, -0.05) is 6.07 Å². The van der Waals surface area contributed by atoms with E-state index in [2.05, 4.69) is 0 Å². The Hall–Kier alpha value is -1.16. The van der Waals surface area contributed by atoms with Gasteiger partial charge in [-0.25, -0.2) is 8.78 Å². The van der Waals surface area contributed by atoms with E-state index in [4.69, 9.17) is 10.5 Å². The van der Waals surface area contributed by atoms with Gasteiger partial charge < -0.3 is 10.5 Å². The third kappa shape index (κ3) is 2.67. The number of nitrogens with two attached hydrogens (primary N) is 1. The Morgan fingerprint density at radius 3 is 2.71 bits per heavy atom. The van der Waals surface area contributed by atoms with Crippen LogP contribution in [-0.2, 0) is 0 Å². The Balaban J connectivity index is 2.78. The summed E-state index contributed by atoms with van der Waals surface area (Å²) in [5, 5.41) is 0. The van der Waals surface area contributed by atoms with Crippen LogP contribution in [0.2, 0.25) is 0 Å². The number of hydrogen-bond donors (Lipinski definition) is 1. The zero-order valence-corrected chi connectivity index (χ0v) is 7.97. The molecule has 0 aromatic heterocycles. The van der Waals surface area contributed by atoms with Gasteiger partial charge in [-0.15, -0.1) is 0 Å². The van der Waals surface area contributed by atoms with Gasteiger partial charge in [-0.2, -0.15) is 0 Å². The van der Waals surface area contributed by atoms with Crippen LogP contribution in [0, 0.1) is 5.82 Å². The number of ether oxygens (including phenoxy) is 1. The monoisotopic (exact) mass is 201 g/mol. The molecule has 0 saturated heterocycles. The van der Waals surface area contributed by atoms with Crippen molar-refractivity contribution >= 4 is 0 Å². The molecular formula is C10H13F2NO. The Morgan fingerprint density at radius 2 is 2.21 bits per heavy atom. The van der Waals surface area contributed by atoms with E-state index in [1.807, 2.05) is 0 Å². The van der Waals surface area contributed by atoms with Gasteiger partial charge in [0, 0.05) is 17.7 Å². The molecule has 0 spiro atoms. The summed E-state index contributed by atoms with van der Waals surface area (Å²) < 4.78 is 29.9. The van der Waals surface area contributed by atoms with Gasteiger partial charge in [-0.3, -0.25) is 0 Å². The summed E-state index contributed by atoms with van der Waals surface area (Å²) in [6.07, 6.45) is 0. The van der Waals surface area contributed by atoms with Crippen LogP contribution >= 0.6 is 0 Å². The SMILES string of the molecule is C[C@@H](N)c1ccc(OCCF)cc1F. The Bertz CT molecular complexity index is 302. The maximum Gasteiger partial charge on any atom is 0.131 e. The Morgan fingerprint density at radius 1 is 1.50 bits per heavy atom. The number of benzene rings is 1. The summed E-state index contributed by atoms with van der Waals surface area (Å²) in [6, 6.07) is 3.99. The van der Waals surface area contributed by atoms with Crippen LogP contribution in [0.25, 0.3) is 0 Å². The van der Waals surface area contributed by atoms with Crippen molar-refractivity contribution in [3.05, 3.63) is 29.6 Å². The van der Waals surface area contributed by atoms with E-state index >= 15 is 0 Å². The topological polar surface area (TPSA) is 35.2 Å². The molecule has 78 valence electrons. The minimum absolute atomic E-state index is 0.0586. The first-order valence-corrected chi connectivity index (χ1v) is 4.39. The number of rotatable bonds is 4. The smallest absolute Gasteiger partial charge is 0.131 e. The van der Waals surface area contributed by atoms with E-state index < -0.39 is 12.5 Å². The normalized spacial score (nSPS) is 12.6. The number of halogens is 2. The maximum absolute atomic E-state index is 13.3. The van der Waals surface area contributed by atoms with Crippen LogP contribution in [0.15, 0.2) is 18.2 Å². The van der Waals surface area contributed by atoms with E-state index in [0.717, 1.165) is 0 Å². The van der Waals surface area contributed by atoms with E-state index in [9.17, 15) is 8.78 Å². The van der Waals surface area contributed by atoms with Crippen LogP contribution in [0.5, 0.6) is 5.75 Å². The lowest BCUT2D eigenvalue weighted by atomic mass is 10.1. The molecule has 1 aromatic rings. The van der Waals surface area contributed by atoms with Gasteiger partial charge in [-0.05, 0) is 13.0 Å². The first kappa shape index (κ1) is 10.9. The average Bonchev–Trinajstić information content (AvgIpc) is 2.14. The molecule has 0 aliphatic heterocycles. The van der Waals surface area contributed by atoms with Crippen molar-refractivity contribution in [3.8, 4) is 5.75 Å². The molecule has 1 rings (SSSR count). The first-order valence-electron chi connectivity index (χ1n) is 4.39. The molecule has 0 fully saturated rings. The highest BCUT2D eigenvalue weighted by Gasteiger charge is 2.07. The fourth-order valence-electron chi connectivity index (χ4n) is 1.12. The predicted molar refractivity (Wildman–Crippen MR) is 50.5 cm³/mol. The fraction of sp³-hybridized carbons (Fsp3) is 0.400. The van der Waals surface area contributed by atoms with Gasteiger partial charge in [0.05, 0.1) is 0 Å². The molecule has 4 heteroatoms. The Labute approximate surface area is 81.7 Å². The zero-order chi connectivity index (χ0) is 10.6. The van der Waals surface area contributed by atoms with Crippen LogP contribution in [0.1, 0.15) is 18.5 Å². The summed E-state index contributed by atoms with van der Waals surface area (Å²) in [6.45, 7) is 1.05. The molecule has 0 saturated carbocycles. The van der Waals surface area contributed by atoms with Gasteiger partial charge in [0.1, 0.15) is 24.8 Å². The van der Waals surface area contributed by atoms with Crippen LogP contribution < -0.4 is 10.5 Å². The van der Waals surface area contributed by atoms with Crippen molar-refractivity contribution < 1.29 is 13.5 Å². The molecular weight excluding hydrogens is 188 g/mol. The molecule has 0 unspecified atom stereocenters. The summed E-state index contributed by atoms with van der Waals surface area (Å²) in [5.74, 6) is -0.0964. The highest BCUT2D eigenvalue weighted by atomic mass is 19.1. The first-order chi connectivity index (χ1) is 6.65. The van der Waals surface area contributed by atoms with Crippen LogP contribution in [0.3, 0.4) is 0 Å². The maximum atomic E-state index is 13.3. The molecule has 0 heterocycles. The van der Waals surface area contributed by atoms with E-state index in [1.54, 1.807) is 19.1 Å². The van der Waals surface area contributed by atoms with E-state index in [1.165, 1.54) is 6.07 Å². The van der Waals surface area contributed by atoms with Crippen molar-refractivity contribution in [1.82, 2.24) is 0 Å². The number of alkyl halides is 1. The quantitative estimate of drug-likeness (QED) is 0.810. The second-order valence-corrected chi connectivity index (χ2v) is 3.01. The standard InChI is InChI=1S/C10H13F2NO/c1-7(13)9-3-2-8(6-10(9)12)14-5-4-11/h2-3,6-7H,4-5,13H2,1H3/t7-/m1/s1. The largest absolute Gasteiger partial charge is 0.491 e. The minimum Gasteiger partial charge on any atom is -0.491 e. The molecule has 1 aromatic carbocycles. The molecule has 1 atom stereocenters. The molecule has 2 nitrogen and oxygen atoms in total. The third-order valence-corrected chi connectivity index (χ3v) is 1.81. The lowest BCUT2D eigenvalue weighted by Crippen LogP contribution is -2.07. The summed E-state index contributed by atoms with van der Waals surface area (Å²) >= 11 is 0. The van der Waals surface area contributed by atoms with Crippen LogP contribution in [-0.4, -0.2) is 13.3 Å². The molecule has 14 heavy (non-hydrogen) atoms. The molecule has 0 aliphatic rings. The molecule has 0 amide bonds. The highest BCUT2D eigenvalue weighted by molar-refractivity contribution is 5.30. The van der Waals surface area contributed by atoms with E-state index in [-0.39, 0.29) is 12.6 Å². The average molecular weight is 201 g/mol. The van der Waals surface area contributed by atoms with Crippen molar-refractivity contribution in [1.29, 1.82) is 0 Å². The summed E-state index contributed by atoms with van der Waals surface area (Å²) in [5.41, 5.74) is 5.95. The van der Waals surface area contributed by atoms with Crippen molar-refractivity contribution in [3.63, 3.8) is 0 Å².